The summed E-state index contributed by atoms with van der Waals surface area (Å²) in [7, 11) is 0. The number of allylic oxidation sites excluding steroid dienone is 1. The van der Waals surface area contributed by atoms with Crippen LogP contribution >= 0.6 is 11.6 Å². The van der Waals surface area contributed by atoms with E-state index in [9.17, 15) is 14.4 Å². The molecule has 0 spiro atoms. The zero-order valence-corrected chi connectivity index (χ0v) is 12.7. The van der Waals surface area contributed by atoms with Gasteiger partial charge >= 0.3 is 0 Å². The highest BCUT2D eigenvalue weighted by molar-refractivity contribution is 6.31. The van der Waals surface area contributed by atoms with Crippen LogP contribution in [0.5, 0.6) is 5.75 Å². The van der Waals surface area contributed by atoms with Crippen molar-refractivity contribution in [3.05, 3.63) is 73.7 Å². The SMILES string of the molecule is Cc1cc2c(c(=O)[nH]1)[C@H](c1c(F)cccc1Cl)C(C#N)=C(N)O2. The number of fused-ring (bicyclic) bond motifs is 1. The topological polar surface area (TPSA) is 91.9 Å². The first-order valence-corrected chi connectivity index (χ1v) is 7.07. The van der Waals surface area contributed by atoms with Gasteiger partial charge in [0.2, 0.25) is 5.88 Å². The lowest BCUT2D eigenvalue weighted by molar-refractivity contribution is 0.390. The van der Waals surface area contributed by atoms with Gasteiger partial charge < -0.3 is 15.5 Å². The number of hydrogen-bond acceptors (Lipinski definition) is 4. The number of nitriles is 1. The smallest absolute Gasteiger partial charge is 0.256 e. The number of nitrogens with two attached hydrogens (primary N) is 1. The molecule has 3 N–H and O–H groups in total. The van der Waals surface area contributed by atoms with Crippen LogP contribution in [0.2, 0.25) is 5.02 Å². The predicted octanol–water partition coefficient (Wildman–Crippen LogP) is 2.69. The highest BCUT2D eigenvalue weighted by Gasteiger charge is 2.36. The van der Waals surface area contributed by atoms with E-state index < -0.39 is 17.3 Å². The maximum atomic E-state index is 14.4. The van der Waals surface area contributed by atoms with Gasteiger partial charge in [-0.3, -0.25) is 4.79 Å². The number of aryl methyl sites for hydroxylation is 1. The molecule has 0 saturated carbocycles. The Morgan fingerprint density at radius 1 is 1.43 bits per heavy atom. The molecular weight excluding hydrogens is 321 g/mol. The molecular formula is C16H11ClFN3O2. The standard InChI is InChI=1S/C16H11ClFN3O2/c1-7-5-11-14(16(22)21-7)12(8(6-19)15(20)23-11)13-9(17)3-2-4-10(13)18/h2-5,12H,20H2,1H3,(H,21,22)/t12-/m0/s1. The van der Waals surface area contributed by atoms with E-state index in [0.29, 0.717) is 5.69 Å². The van der Waals surface area contributed by atoms with Gasteiger partial charge in [-0.15, -0.1) is 0 Å². The Morgan fingerprint density at radius 3 is 2.83 bits per heavy atom. The molecule has 0 amide bonds. The van der Waals surface area contributed by atoms with E-state index in [1.165, 1.54) is 18.2 Å². The summed E-state index contributed by atoms with van der Waals surface area (Å²) in [5.74, 6) is -1.64. The van der Waals surface area contributed by atoms with Crippen LogP contribution in [0.1, 0.15) is 22.7 Å². The molecule has 0 bridgehead atoms. The number of aromatic nitrogens is 1. The molecule has 1 atom stereocenters. The Labute approximate surface area is 135 Å². The summed E-state index contributed by atoms with van der Waals surface area (Å²) in [5.41, 5.74) is 5.93. The van der Waals surface area contributed by atoms with Gasteiger partial charge in [-0.25, -0.2) is 4.39 Å². The summed E-state index contributed by atoms with van der Waals surface area (Å²) in [5, 5.41) is 9.50. The third kappa shape index (κ3) is 2.35. The second-order valence-electron chi connectivity index (χ2n) is 5.12. The van der Waals surface area contributed by atoms with Crippen molar-refractivity contribution in [2.24, 2.45) is 5.73 Å². The maximum absolute atomic E-state index is 14.4. The number of nitrogens with zero attached hydrogens (tertiary/aromatic N) is 1. The van der Waals surface area contributed by atoms with E-state index in [1.807, 2.05) is 6.07 Å². The number of nitrogens with one attached hydrogen (secondary N) is 1. The Bertz CT molecular complexity index is 923. The quantitative estimate of drug-likeness (QED) is 0.840. The first-order valence-electron chi connectivity index (χ1n) is 6.69. The average molecular weight is 332 g/mol. The van der Waals surface area contributed by atoms with Crippen LogP contribution in [0.4, 0.5) is 4.39 Å². The monoisotopic (exact) mass is 331 g/mol. The Kier molecular flexibility index (Phi) is 3.58. The van der Waals surface area contributed by atoms with E-state index in [0.717, 1.165) is 0 Å². The molecule has 1 aromatic heterocycles. The molecule has 0 saturated heterocycles. The molecule has 7 heteroatoms. The number of hydrogen-bond donors (Lipinski definition) is 2. The van der Waals surface area contributed by atoms with E-state index >= 15 is 0 Å². The number of halogens is 2. The van der Waals surface area contributed by atoms with E-state index in [4.69, 9.17) is 22.1 Å². The Balaban J connectivity index is 2.40. The molecule has 2 heterocycles. The zero-order chi connectivity index (χ0) is 16.7. The lowest BCUT2D eigenvalue weighted by atomic mass is 9.83. The molecule has 0 unspecified atom stereocenters. The average Bonchev–Trinajstić information content (AvgIpc) is 2.46. The number of aromatic amines is 1. The molecule has 0 aliphatic carbocycles. The van der Waals surface area contributed by atoms with Crippen molar-refractivity contribution in [3.8, 4) is 11.8 Å². The number of benzene rings is 1. The fraction of sp³-hybridized carbons (Fsp3) is 0.125. The summed E-state index contributed by atoms with van der Waals surface area (Å²) in [6.45, 7) is 1.68. The van der Waals surface area contributed by atoms with Gasteiger partial charge in [0.15, 0.2) is 0 Å². The van der Waals surface area contributed by atoms with Crippen molar-refractivity contribution < 1.29 is 9.13 Å². The van der Waals surface area contributed by atoms with Crippen molar-refractivity contribution in [2.45, 2.75) is 12.8 Å². The lowest BCUT2D eigenvalue weighted by Gasteiger charge is -2.26. The minimum Gasteiger partial charge on any atom is -0.440 e. The fourth-order valence-corrected chi connectivity index (χ4v) is 2.95. The minimum atomic E-state index is -1.03. The van der Waals surface area contributed by atoms with E-state index in [-0.39, 0.29) is 33.4 Å². The molecule has 1 aromatic carbocycles. The number of H-pyrrole nitrogens is 1. The van der Waals surface area contributed by atoms with Gasteiger partial charge in [0.1, 0.15) is 23.2 Å². The second-order valence-corrected chi connectivity index (χ2v) is 5.53. The number of pyridine rings is 1. The van der Waals surface area contributed by atoms with Crippen molar-refractivity contribution in [3.63, 3.8) is 0 Å². The van der Waals surface area contributed by atoms with Crippen molar-refractivity contribution in [2.75, 3.05) is 0 Å². The van der Waals surface area contributed by atoms with E-state index in [1.54, 1.807) is 13.0 Å². The fourth-order valence-electron chi connectivity index (χ4n) is 2.68. The maximum Gasteiger partial charge on any atom is 0.256 e. The van der Waals surface area contributed by atoms with Crippen molar-refractivity contribution in [1.29, 1.82) is 5.26 Å². The van der Waals surface area contributed by atoms with Gasteiger partial charge in [0.25, 0.3) is 5.56 Å². The van der Waals surface area contributed by atoms with E-state index in [2.05, 4.69) is 4.98 Å². The lowest BCUT2D eigenvalue weighted by Crippen LogP contribution is -2.28. The van der Waals surface area contributed by atoms with Gasteiger partial charge in [0, 0.05) is 22.3 Å². The molecule has 116 valence electrons. The molecule has 23 heavy (non-hydrogen) atoms. The predicted molar refractivity (Wildman–Crippen MR) is 82.5 cm³/mol. The molecule has 3 rings (SSSR count). The molecule has 0 fully saturated rings. The van der Waals surface area contributed by atoms with Crippen LogP contribution in [0.3, 0.4) is 0 Å². The third-order valence-electron chi connectivity index (χ3n) is 3.64. The van der Waals surface area contributed by atoms with Crippen LogP contribution in [0.25, 0.3) is 0 Å². The zero-order valence-electron chi connectivity index (χ0n) is 12.0. The summed E-state index contributed by atoms with van der Waals surface area (Å²) in [6.07, 6.45) is 0. The van der Waals surface area contributed by atoms with Crippen LogP contribution in [-0.2, 0) is 0 Å². The van der Waals surface area contributed by atoms with Crippen LogP contribution in [-0.4, -0.2) is 4.98 Å². The van der Waals surface area contributed by atoms with Crippen molar-refractivity contribution >= 4 is 11.6 Å². The summed E-state index contributed by atoms with van der Waals surface area (Å²) in [6, 6.07) is 7.61. The van der Waals surface area contributed by atoms with Gasteiger partial charge in [-0.1, -0.05) is 17.7 Å². The number of rotatable bonds is 1. The normalized spacial score (nSPS) is 16.5. The van der Waals surface area contributed by atoms with Crippen LogP contribution in [0.15, 0.2) is 40.5 Å². The molecule has 1 aliphatic rings. The molecule has 1 aliphatic heterocycles. The summed E-state index contributed by atoms with van der Waals surface area (Å²) >= 11 is 6.12. The van der Waals surface area contributed by atoms with Crippen LogP contribution in [0, 0.1) is 24.1 Å². The molecule has 5 nitrogen and oxygen atoms in total. The first-order chi connectivity index (χ1) is 10.9. The Morgan fingerprint density at radius 2 is 2.17 bits per heavy atom. The van der Waals surface area contributed by atoms with Gasteiger partial charge in [-0.2, -0.15) is 5.26 Å². The van der Waals surface area contributed by atoms with Gasteiger partial charge in [0.05, 0.1) is 11.5 Å². The second kappa shape index (κ2) is 5.45. The van der Waals surface area contributed by atoms with Gasteiger partial charge in [-0.05, 0) is 19.1 Å². The number of ether oxygens (including phenoxy) is 1. The summed E-state index contributed by atoms with van der Waals surface area (Å²) in [4.78, 5) is 15.0. The molecule has 0 radical (unpaired) electrons. The highest BCUT2D eigenvalue weighted by atomic mass is 35.5. The molecule has 2 aromatic rings. The Hall–Kier alpha value is -2.78. The largest absolute Gasteiger partial charge is 0.440 e. The first kappa shape index (κ1) is 15.1. The van der Waals surface area contributed by atoms with Crippen molar-refractivity contribution in [1.82, 2.24) is 4.98 Å². The summed E-state index contributed by atoms with van der Waals surface area (Å²) < 4.78 is 19.7. The highest BCUT2D eigenvalue weighted by Crippen LogP contribution is 2.43. The third-order valence-corrected chi connectivity index (χ3v) is 3.97. The minimum absolute atomic E-state index is 0.0209. The van der Waals surface area contributed by atoms with Crippen LogP contribution < -0.4 is 16.0 Å².